The minimum Gasteiger partial charge on any atom is -0.483 e. The van der Waals surface area contributed by atoms with Gasteiger partial charge in [-0.25, -0.2) is 0 Å². The van der Waals surface area contributed by atoms with Crippen LogP contribution < -0.4 is 10.1 Å². The summed E-state index contributed by atoms with van der Waals surface area (Å²) in [6.45, 7) is 0.158. The molecule has 1 heterocycles. The predicted octanol–water partition coefficient (Wildman–Crippen LogP) is 4.52. The molecule has 2 aromatic carbocycles. The maximum Gasteiger partial charge on any atom is 0.419 e. The topological polar surface area (TPSA) is 56.1 Å². The van der Waals surface area contributed by atoms with Gasteiger partial charge in [0.1, 0.15) is 5.75 Å². The molecule has 0 saturated heterocycles. The molecule has 5 nitrogen and oxygen atoms in total. The van der Waals surface area contributed by atoms with Crippen molar-refractivity contribution >= 4 is 5.91 Å². The molecule has 0 radical (unpaired) electrons. The Morgan fingerprint density at radius 1 is 1.13 bits per heavy atom. The Morgan fingerprint density at radius 3 is 2.65 bits per heavy atom. The Labute approximate surface area is 177 Å². The van der Waals surface area contributed by atoms with E-state index in [4.69, 9.17) is 4.74 Å². The number of hydrogen-bond acceptors (Lipinski definition) is 3. The quantitative estimate of drug-likeness (QED) is 0.627. The molecule has 0 spiro atoms. The fourth-order valence-electron chi connectivity index (χ4n) is 3.87. The molecule has 31 heavy (non-hydrogen) atoms. The standard InChI is InChI=1S/C23H22F3N3O2/c24-23(25,26)18-9-4-5-12-21(18)31-15-22(30)28-19-10-6-11-20-17(19)13-27-29(20)14-16-7-2-1-3-8-16/h1-5,7-9,12-13,19H,6,10-11,14-15H2,(H,28,30). The summed E-state index contributed by atoms with van der Waals surface area (Å²) in [6, 6.07) is 14.6. The molecular weight excluding hydrogens is 407 g/mol. The number of nitrogens with zero attached hydrogens (tertiary/aromatic N) is 2. The first-order valence-corrected chi connectivity index (χ1v) is 10.1. The largest absolute Gasteiger partial charge is 0.483 e. The molecule has 162 valence electrons. The Hall–Kier alpha value is -3.29. The van der Waals surface area contributed by atoms with E-state index in [9.17, 15) is 18.0 Å². The number of nitrogens with one attached hydrogen (secondary N) is 1. The van der Waals surface area contributed by atoms with Gasteiger partial charge in [-0.3, -0.25) is 9.48 Å². The second kappa shape index (κ2) is 8.83. The van der Waals surface area contributed by atoms with Crippen LogP contribution in [0.15, 0.2) is 60.8 Å². The van der Waals surface area contributed by atoms with E-state index in [1.54, 1.807) is 6.20 Å². The van der Waals surface area contributed by atoms with Crippen LogP contribution in [-0.4, -0.2) is 22.3 Å². The van der Waals surface area contributed by atoms with Crippen molar-refractivity contribution in [2.75, 3.05) is 6.61 Å². The van der Waals surface area contributed by atoms with Crippen LogP contribution in [0.4, 0.5) is 13.2 Å². The summed E-state index contributed by atoms with van der Waals surface area (Å²) < 4.78 is 46.4. The number of carbonyl (C=O) groups is 1. The third kappa shape index (κ3) is 4.90. The summed E-state index contributed by atoms with van der Waals surface area (Å²) in [5.74, 6) is -0.823. The number of aromatic nitrogens is 2. The molecule has 0 saturated carbocycles. The summed E-state index contributed by atoms with van der Waals surface area (Å²) in [5.41, 5.74) is 2.26. The highest BCUT2D eigenvalue weighted by Gasteiger charge is 2.34. The van der Waals surface area contributed by atoms with Crippen LogP contribution in [0.3, 0.4) is 0 Å². The summed E-state index contributed by atoms with van der Waals surface area (Å²) >= 11 is 0. The lowest BCUT2D eigenvalue weighted by molar-refractivity contribution is -0.139. The van der Waals surface area contributed by atoms with Crippen LogP contribution in [0, 0.1) is 0 Å². The van der Waals surface area contributed by atoms with E-state index >= 15 is 0 Å². The fourth-order valence-corrected chi connectivity index (χ4v) is 3.87. The van der Waals surface area contributed by atoms with E-state index in [1.807, 2.05) is 35.0 Å². The van der Waals surface area contributed by atoms with Gasteiger partial charge in [0.25, 0.3) is 5.91 Å². The number of halogens is 3. The number of fused-ring (bicyclic) bond motifs is 1. The fraction of sp³-hybridized carbons (Fsp3) is 0.304. The summed E-state index contributed by atoms with van der Waals surface area (Å²) in [7, 11) is 0. The lowest BCUT2D eigenvalue weighted by Crippen LogP contribution is -2.34. The molecular formula is C23H22F3N3O2. The van der Waals surface area contributed by atoms with Crippen LogP contribution in [0.1, 0.15) is 41.3 Å². The van der Waals surface area contributed by atoms with Crippen LogP contribution in [-0.2, 0) is 23.9 Å². The first-order valence-electron chi connectivity index (χ1n) is 10.1. The minimum absolute atomic E-state index is 0.234. The van der Waals surface area contributed by atoms with E-state index in [0.717, 1.165) is 42.1 Å². The van der Waals surface area contributed by atoms with Crippen molar-refractivity contribution in [1.82, 2.24) is 15.1 Å². The highest BCUT2D eigenvalue weighted by molar-refractivity contribution is 5.78. The lowest BCUT2D eigenvalue weighted by Gasteiger charge is -2.24. The molecule has 1 amide bonds. The highest BCUT2D eigenvalue weighted by atomic mass is 19.4. The van der Waals surface area contributed by atoms with Gasteiger partial charge in [0.2, 0.25) is 0 Å². The van der Waals surface area contributed by atoms with Crippen LogP contribution in [0.2, 0.25) is 0 Å². The van der Waals surface area contributed by atoms with Crippen molar-refractivity contribution < 1.29 is 22.7 Å². The molecule has 4 rings (SSSR count). The van der Waals surface area contributed by atoms with Crippen molar-refractivity contribution in [3.63, 3.8) is 0 Å². The molecule has 1 N–H and O–H groups in total. The minimum atomic E-state index is -4.54. The molecule has 1 aliphatic rings. The zero-order valence-corrected chi connectivity index (χ0v) is 16.7. The number of benzene rings is 2. The summed E-state index contributed by atoms with van der Waals surface area (Å²) in [5, 5.41) is 7.37. The van der Waals surface area contributed by atoms with Gasteiger partial charge in [0.15, 0.2) is 6.61 Å². The van der Waals surface area contributed by atoms with Crippen LogP contribution in [0.5, 0.6) is 5.75 Å². The van der Waals surface area contributed by atoms with Gasteiger partial charge in [-0.2, -0.15) is 18.3 Å². The Balaban J connectivity index is 1.41. The monoisotopic (exact) mass is 429 g/mol. The van der Waals surface area contributed by atoms with Crippen molar-refractivity contribution in [3.05, 3.63) is 83.2 Å². The number of hydrogen-bond donors (Lipinski definition) is 1. The van der Waals surface area contributed by atoms with Crippen LogP contribution >= 0.6 is 0 Å². The van der Waals surface area contributed by atoms with Crippen molar-refractivity contribution in [3.8, 4) is 5.75 Å². The Morgan fingerprint density at radius 2 is 1.87 bits per heavy atom. The average molecular weight is 429 g/mol. The van der Waals surface area contributed by atoms with Gasteiger partial charge in [0, 0.05) is 11.3 Å². The molecule has 8 heteroatoms. The van der Waals surface area contributed by atoms with E-state index in [0.29, 0.717) is 6.54 Å². The summed E-state index contributed by atoms with van der Waals surface area (Å²) in [4.78, 5) is 12.4. The van der Waals surface area contributed by atoms with Crippen molar-refractivity contribution in [1.29, 1.82) is 0 Å². The normalized spacial score (nSPS) is 15.9. The predicted molar refractivity (Wildman–Crippen MR) is 109 cm³/mol. The molecule has 3 aromatic rings. The van der Waals surface area contributed by atoms with E-state index < -0.39 is 24.3 Å². The molecule has 1 aliphatic carbocycles. The SMILES string of the molecule is O=C(COc1ccccc1C(F)(F)F)NC1CCCc2c1cnn2Cc1ccccc1. The maximum absolute atomic E-state index is 13.1. The summed E-state index contributed by atoms with van der Waals surface area (Å²) in [6.07, 6.45) is -0.282. The van der Waals surface area contributed by atoms with Gasteiger partial charge in [-0.1, -0.05) is 42.5 Å². The molecule has 1 atom stereocenters. The van der Waals surface area contributed by atoms with Gasteiger partial charge < -0.3 is 10.1 Å². The Bertz CT molecular complexity index is 1050. The zero-order valence-electron chi connectivity index (χ0n) is 16.7. The molecule has 1 unspecified atom stereocenters. The second-order valence-electron chi connectivity index (χ2n) is 7.48. The molecule has 0 bridgehead atoms. The zero-order chi connectivity index (χ0) is 21.8. The number of para-hydroxylation sites is 1. The van der Waals surface area contributed by atoms with E-state index in [1.165, 1.54) is 18.2 Å². The molecule has 1 aromatic heterocycles. The first kappa shape index (κ1) is 21.0. The number of rotatable bonds is 6. The number of amides is 1. The molecule has 0 aliphatic heterocycles. The lowest BCUT2D eigenvalue weighted by atomic mass is 9.93. The second-order valence-corrected chi connectivity index (χ2v) is 7.48. The maximum atomic E-state index is 13.1. The van der Waals surface area contributed by atoms with E-state index in [2.05, 4.69) is 10.4 Å². The van der Waals surface area contributed by atoms with Gasteiger partial charge in [-0.15, -0.1) is 0 Å². The third-order valence-corrected chi connectivity index (χ3v) is 5.32. The number of carbonyl (C=O) groups excluding carboxylic acids is 1. The van der Waals surface area contributed by atoms with Crippen molar-refractivity contribution in [2.45, 2.75) is 38.0 Å². The Kier molecular flexibility index (Phi) is 5.97. The highest BCUT2D eigenvalue weighted by Crippen LogP contribution is 2.36. The number of ether oxygens (including phenoxy) is 1. The van der Waals surface area contributed by atoms with Crippen LogP contribution in [0.25, 0.3) is 0 Å². The van der Waals surface area contributed by atoms with E-state index in [-0.39, 0.29) is 11.8 Å². The number of alkyl halides is 3. The third-order valence-electron chi connectivity index (χ3n) is 5.32. The van der Waals surface area contributed by atoms with Gasteiger partial charge in [-0.05, 0) is 37.0 Å². The van der Waals surface area contributed by atoms with Gasteiger partial charge in [0.05, 0.1) is 24.3 Å². The average Bonchev–Trinajstić information content (AvgIpc) is 3.16. The molecule has 0 fully saturated rings. The smallest absolute Gasteiger partial charge is 0.419 e. The van der Waals surface area contributed by atoms with Gasteiger partial charge >= 0.3 is 6.18 Å². The first-order chi connectivity index (χ1) is 14.9. The van der Waals surface area contributed by atoms with Crippen molar-refractivity contribution in [2.24, 2.45) is 0 Å².